The summed E-state index contributed by atoms with van der Waals surface area (Å²) in [4.78, 5) is 16.5. The molecule has 3 aromatic rings. The van der Waals surface area contributed by atoms with Gasteiger partial charge in [0.2, 0.25) is 5.91 Å². The zero-order valence-electron chi connectivity index (χ0n) is 13.8. The van der Waals surface area contributed by atoms with E-state index >= 15 is 0 Å². The molecular weight excluding hydrogens is 316 g/mol. The minimum atomic E-state index is -0.0259. The Morgan fingerprint density at radius 1 is 1.08 bits per heavy atom. The summed E-state index contributed by atoms with van der Waals surface area (Å²) in [6.07, 6.45) is 0.330. The van der Waals surface area contributed by atoms with Crippen LogP contribution in [0.2, 0.25) is 0 Å². The van der Waals surface area contributed by atoms with Gasteiger partial charge in [0.25, 0.3) is 0 Å². The number of carbonyl (C=O) groups excluding carboxylic acids is 1. The van der Waals surface area contributed by atoms with Gasteiger partial charge in [-0.2, -0.15) is 0 Å². The van der Waals surface area contributed by atoms with Gasteiger partial charge in [0.1, 0.15) is 0 Å². The van der Waals surface area contributed by atoms with Gasteiger partial charge in [0.15, 0.2) is 0 Å². The first-order valence-corrected chi connectivity index (χ1v) is 8.85. The number of rotatable bonds is 5. The minimum absolute atomic E-state index is 0.0000593. The molecule has 1 atom stereocenters. The maximum atomic E-state index is 12.1. The molecule has 0 aliphatic heterocycles. The van der Waals surface area contributed by atoms with Crippen molar-refractivity contribution in [2.75, 3.05) is 0 Å². The monoisotopic (exact) mass is 336 g/mol. The van der Waals surface area contributed by atoms with E-state index in [9.17, 15) is 4.79 Å². The number of aryl methyl sites for hydroxylation is 1. The smallest absolute Gasteiger partial charge is 0.226 e. The summed E-state index contributed by atoms with van der Waals surface area (Å²) >= 11 is 1.57. The molecule has 3 rings (SSSR count). The van der Waals surface area contributed by atoms with Crippen LogP contribution in [0.15, 0.2) is 60.0 Å². The van der Waals surface area contributed by atoms with E-state index in [1.54, 1.807) is 11.3 Å². The normalized spacial score (nSPS) is 11.9. The van der Waals surface area contributed by atoms with Crippen LogP contribution in [-0.2, 0) is 11.2 Å². The van der Waals surface area contributed by atoms with Crippen LogP contribution in [0.4, 0.5) is 0 Å². The molecule has 0 fully saturated rings. The summed E-state index contributed by atoms with van der Waals surface area (Å²) in [5.41, 5.74) is 4.30. The van der Waals surface area contributed by atoms with Crippen LogP contribution < -0.4 is 5.32 Å². The predicted molar refractivity (Wildman–Crippen MR) is 99.0 cm³/mol. The summed E-state index contributed by atoms with van der Waals surface area (Å²) < 4.78 is 0. The van der Waals surface area contributed by atoms with Crippen molar-refractivity contribution in [2.45, 2.75) is 26.3 Å². The summed E-state index contributed by atoms with van der Waals surface area (Å²) in [7, 11) is 0. The lowest BCUT2D eigenvalue weighted by Crippen LogP contribution is -2.28. The lowest BCUT2D eigenvalue weighted by Gasteiger charge is -2.14. The molecule has 0 spiro atoms. The van der Waals surface area contributed by atoms with Gasteiger partial charge in [0.05, 0.1) is 23.2 Å². The predicted octanol–water partition coefficient (Wildman–Crippen LogP) is 4.54. The second-order valence-corrected chi connectivity index (χ2v) is 6.87. The van der Waals surface area contributed by atoms with Crippen LogP contribution in [0, 0.1) is 6.92 Å². The Morgan fingerprint density at radius 3 is 2.38 bits per heavy atom. The fourth-order valence-corrected chi connectivity index (χ4v) is 3.24. The average molecular weight is 336 g/mol. The topological polar surface area (TPSA) is 42.0 Å². The first-order valence-electron chi connectivity index (χ1n) is 7.97. The third-order valence-electron chi connectivity index (χ3n) is 3.90. The third-order valence-corrected chi connectivity index (χ3v) is 4.73. The number of hydrogen-bond acceptors (Lipinski definition) is 3. The molecular formula is C20H20N2OS. The summed E-state index contributed by atoms with van der Waals surface area (Å²) in [5.74, 6) is -0.0000593. The Bertz CT molecular complexity index is 809. The molecule has 1 N–H and O–H groups in total. The largest absolute Gasteiger partial charge is 0.349 e. The molecule has 3 nitrogen and oxygen atoms in total. The second kappa shape index (κ2) is 7.41. The Balaban J connectivity index is 1.62. The van der Waals surface area contributed by atoms with Crippen molar-refractivity contribution >= 4 is 17.2 Å². The van der Waals surface area contributed by atoms with Crippen LogP contribution in [-0.4, -0.2) is 10.9 Å². The number of benzene rings is 2. The fraction of sp³-hybridized carbons (Fsp3) is 0.200. The Labute approximate surface area is 146 Å². The molecule has 2 aromatic carbocycles. The molecule has 0 bridgehead atoms. The summed E-state index contributed by atoms with van der Waals surface area (Å²) in [6.45, 7) is 3.95. The van der Waals surface area contributed by atoms with Crippen LogP contribution >= 0.6 is 11.3 Å². The molecule has 1 unspecified atom stereocenters. The standard InChI is InChI=1S/C20H20N2OS/c1-14(21-20(23)12-19-13-24-15(2)22-19)16-8-10-18(11-9-16)17-6-4-3-5-7-17/h3-11,13-14H,12H2,1-2H3,(H,21,23). The lowest BCUT2D eigenvalue weighted by atomic mass is 10.0. The van der Waals surface area contributed by atoms with Crippen LogP contribution in [0.1, 0.15) is 29.2 Å². The van der Waals surface area contributed by atoms with E-state index in [-0.39, 0.29) is 11.9 Å². The molecule has 1 aromatic heterocycles. The molecule has 4 heteroatoms. The van der Waals surface area contributed by atoms with Crippen molar-refractivity contribution in [3.8, 4) is 11.1 Å². The Hall–Kier alpha value is -2.46. The highest BCUT2D eigenvalue weighted by Gasteiger charge is 2.11. The number of hydrogen-bond donors (Lipinski definition) is 1. The molecule has 0 saturated carbocycles. The minimum Gasteiger partial charge on any atom is -0.349 e. The highest BCUT2D eigenvalue weighted by atomic mass is 32.1. The zero-order valence-corrected chi connectivity index (χ0v) is 14.6. The maximum Gasteiger partial charge on any atom is 0.226 e. The number of carbonyl (C=O) groups is 1. The van der Waals surface area contributed by atoms with E-state index in [0.29, 0.717) is 6.42 Å². The van der Waals surface area contributed by atoms with Gasteiger partial charge < -0.3 is 5.32 Å². The Morgan fingerprint density at radius 2 is 1.75 bits per heavy atom. The van der Waals surface area contributed by atoms with Gasteiger partial charge in [-0.05, 0) is 30.5 Å². The van der Waals surface area contributed by atoms with Gasteiger partial charge in [-0.15, -0.1) is 11.3 Å². The van der Waals surface area contributed by atoms with Gasteiger partial charge >= 0.3 is 0 Å². The van der Waals surface area contributed by atoms with Gasteiger partial charge in [-0.3, -0.25) is 4.79 Å². The van der Waals surface area contributed by atoms with Crippen LogP contribution in [0.3, 0.4) is 0 Å². The van der Waals surface area contributed by atoms with Gasteiger partial charge in [0, 0.05) is 5.38 Å². The summed E-state index contributed by atoms with van der Waals surface area (Å²) in [6, 6.07) is 18.6. The quantitative estimate of drug-likeness (QED) is 0.743. The van der Waals surface area contributed by atoms with Crippen molar-refractivity contribution in [1.82, 2.24) is 10.3 Å². The van der Waals surface area contributed by atoms with Crippen molar-refractivity contribution in [1.29, 1.82) is 0 Å². The van der Waals surface area contributed by atoms with Crippen molar-refractivity contribution in [2.24, 2.45) is 0 Å². The molecule has 122 valence electrons. The van der Waals surface area contributed by atoms with Crippen molar-refractivity contribution in [3.05, 3.63) is 76.2 Å². The molecule has 1 heterocycles. The highest BCUT2D eigenvalue weighted by molar-refractivity contribution is 7.09. The highest BCUT2D eigenvalue weighted by Crippen LogP contribution is 2.21. The number of aromatic nitrogens is 1. The van der Waals surface area contributed by atoms with E-state index in [1.807, 2.05) is 37.4 Å². The molecule has 0 saturated heterocycles. The SMILES string of the molecule is Cc1nc(CC(=O)NC(C)c2ccc(-c3ccccc3)cc2)cs1. The van der Waals surface area contributed by atoms with E-state index in [0.717, 1.165) is 16.3 Å². The van der Waals surface area contributed by atoms with E-state index in [2.05, 4.69) is 46.7 Å². The third kappa shape index (κ3) is 4.09. The first-order chi connectivity index (χ1) is 11.6. The van der Waals surface area contributed by atoms with E-state index in [1.165, 1.54) is 11.1 Å². The molecule has 24 heavy (non-hydrogen) atoms. The van der Waals surface area contributed by atoms with Crippen LogP contribution in [0.5, 0.6) is 0 Å². The van der Waals surface area contributed by atoms with Crippen molar-refractivity contribution in [3.63, 3.8) is 0 Å². The lowest BCUT2D eigenvalue weighted by molar-refractivity contribution is -0.121. The van der Waals surface area contributed by atoms with E-state index < -0.39 is 0 Å². The van der Waals surface area contributed by atoms with Gasteiger partial charge in [-0.1, -0.05) is 54.6 Å². The van der Waals surface area contributed by atoms with Gasteiger partial charge in [-0.25, -0.2) is 4.98 Å². The number of amides is 1. The number of thiazole rings is 1. The van der Waals surface area contributed by atoms with Crippen LogP contribution in [0.25, 0.3) is 11.1 Å². The molecule has 0 radical (unpaired) electrons. The maximum absolute atomic E-state index is 12.1. The number of nitrogens with one attached hydrogen (secondary N) is 1. The first kappa shape index (κ1) is 16.4. The Kier molecular flexibility index (Phi) is 5.06. The average Bonchev–Trinajstić information content (AvgIpc) is 3.00. The molecule has 0 aliphatic carbocycles. The molecule has 0 aliphatic rings. The zero-order chi connectivity index (χ0) is 16.9. The molecule has 1 amide bonds. The van der Waals surface area contributed by atoms with Crippen molar-refractivity contribution < 1.29 is 4.79 Å². The number of nitrogens with zero attached hydrogens (tertiary/aromatic N) is 1. The summed E-state index contributed by atoms with van der Waals surface area (Å²) in [5, 5.41) is 5.97. The van der Waals surface area contributed by atoms with E-state index in [4.69, 9.17) is 0 Å². The second-order valence-electron chi connectivity index (χ2n) is 5.81. The fourth-order valence-electron chi connectivity index (χ4n) is 2.62.